The summed E-state index contributed by atoms with van der Waals surface area (Å²) in [5, 5.41) is 9.12. The van der Waals surface area contributed by atoms with Crippen molar-refractivity contribution in [2.24, 2.45) is 5.10 Å². The molecule has 0 saturated heterocycles. The van der Waals surface area contributed by atoms with E-state index in [1.807, 2.05) is 39.1 Å². The van der Waals surface area contributed by atoms with Crippen LogP contribution < -0.4 is 5.56 Å². The van der Waals surface area contributed by atoms with Crippen LogP contribution in [0.5, 0.6) is 0 Å². The molecular weight excluding hydrogens is 372 g/mol. The summed E-state index contributed by atoms with van der Waals surface area (Å²) < 4.78 is 0. The van der Waals surface area contributed by atoms with E-state index in [-0.39, 0.29) is 17.5 Å². The molecule has 0 aliphatic carbocycles. The minimum absolute atomic E-state index is 0.0658. The van der Waals surface area contributed by atoms with Crippen LogP contribution in [0.15, 0.2) is 33.6 Å². The fourth-order valence-electron chi connectivity index (χ4n) is 3.68. The first-order chi connectivity index (χ1) is 13.4. The lowest BCUT2D eigenvalue weighted by atomic mass is 9.96. The first-order valence-electron chi connectivity index (χ1n) is 9.33. The third-order valence-electron chi connectivity index (χ3n) is 5.40. The number of pyridine rings is 2. The predicted octanol–water partition coefficient (Wildman–Crippen LogP) is 4.00. The van der Waals surface area contributed by atoms with Gasteiger partial charge in [0.05, 0.1) is 17.3 Å². The molecular formula is C21H22N4O2S. The van der Waals surface area contributed by atoms with Gasteiger partial charge in [-0.2, -0.15) is 5.10 Å². The van der Waals surface area contributed by atoms with Crippen molar-refractivity contribution < 1.29 is 4.79 Å². The number of aromatic amines is 1. The number of thiophene rings is 1. The lowest BCUT2D eigenvalue weighted by Crippen LogP contribution is -2.26. The van der Waals surface area contributed by atoms with Crippen LogP contribution in [0.2, 0.25) is 0 Å². The van der Waals surface area contributed by atoms with Gasteiger partial charge in [0.2, 0.25) is 5.91 Å². The number of aryl methyl sites for hydroxylation is 3. The number of carbonyl (C=O) groups is 1. The Bertz CT molecular complexity index is 1170. The van der Waals surface area contributed by atoms with Crippen LogP contribution in [-0.2, 0) is 4.79 Å². The number of carbonyl (C=O) groups excluding carboxylic acids is 1. The SMILES string of the molecule is CCC(=O)N1N=C(c2c(C)c3ccsc3[nH]c2=O)CC1c1cnc(C)c(C)c1. The second-order valence-corrected chi connectivity index (χ2v) is 8.06. The molecule has 0 radical (unpaired) electrons. The Morgan fingerprint density at radius 3 is 2.86 bits per heavy atom. The van der Waals surface area contributed by atoms with Gasteiger partial charge in [0.1, 0.15) is 4.83 Å². The van der Waals surface area contributed by atoms with Gasteiger partial charge in [-0.15, -0.1) is 11.3 Å². The fourth-order valence-corrected chi connectivity index (χ4v) is 4.52. The summed E-state index contributed by atoms with van der Waals surface area (Å²) in [5.74, 6) is -0.0658. The second kappa shape index (κ2) is 6.98. The van der Waals surface area contributed by atoms with Crippen LogP contribution in [0, 0.1) is 20.8 Å². The lowest BCUT2D eigenvalue weighted by Gasteiger charge is -2.21. The molecule has 6 nitrogen and oxygen atoms in total. The number of amides is 1. The van der Waals surface area contributed by atoms with Gasteiger partial charge >= 0.3 is 0 Å². The minimum Gasteiger partial charge on any atom is -0.313 e. The first-order valence-corrected chi connectivity index (χ1v) is 10.2. The van der Waals surface area contributed by atoms with E-state index >= 15 is 0 Å². The predicted molar refractivity (Wildman–Crippen MR) is 112 cm³/mol. The molecule has 0 aromatic carbocycles. The van der Waals surface area contributed by atoms with Crippen LogP contribution in [0.4, 0.5) is 0 Å². The van der Waals surface area contributed by atoms with Gasteiger partial charge in [0.15, 0.2) is 0 Å². The maximum Gasteiger partial charge on any atom is 0.258 e. The molecule has 28 heavy (non-hydrogen) atoms. The maximum atomic E-state index is 12.8. The van der Waals surface area contributed by atoms with Gasteiger partial charge in [-0.1, -0.05) is 13.0 Å². The van der Waals surface area contributed by atoms with Gasteiger partial charge in [0, 0.05) is 30.1 Å². The van der Waals surface area contributed by atoms with Crippen LogP contribution in [0.3, 0.4) is 0 Å². The topological polar surface area (TPSA) is 78.4 Å². The molecule has 1 aliphatic rings. The molecule has 4 rings (SSSR count). The third kappa shape index (κ3) is 2.96. The van der Waals surface area contributed by atoms with E-state index in [0.29, 0.717) is 24.1 Å². The molecule has 0 bridgehead atoms. The van der Waals surface area contributed by atoms with Gasteiger partial charge < -0.3 is 4.98 Å². The highest BCUT2D eigenvalue weighted by atomic mass is 32.1. The zero-order valence-corrected chi connectivity index (χ0v) is 17.2. The third-order valence-corrected chi connectivity index (χ3v) is 6.23. The van der Waals surface area contributed by atoms with Crippen molar-refractivity contribution in [1.29, 1.82) is 0 Å². The number of nitrogens with zero attached hydrogens (tertiary/aromatic N) is 3. The summed E-state index contributed by atoms with van der Waals surface area (Å²) in [4.78, 5) is 33.6. The average Bonchev–Trinajstić information content (AvgIpc) is 3.30. The van der Waals surface area contributed by atoms with E-state index in [1.165, 1.54) is 16.3 Å². The number of rotatable bonds is 3. The van der Waals surface area contributed by atoms with Crippen molar-refractivity contribution in [2.45, 2.75) is 46.6 Å². The molecule has 1 atom stereocenters. The molecule has 3 aromatic heterocycles. The zero-order chi connectivity index (χ0) is 20.0. The molecule has 1 N–H and O–H groups in total. The Hall–Kier alpha value is -2.80. The Morgan fingerprint density at radius 1 is 1.36 bits per heavy atom. The molecule has 0 saturated carbocycles. The molecule has 4 heterocycles. The number of hydrogen-bond donors (Lipinski definition) is 1. The van der Waals surface area contributed by atoms with Crippen molar-refractivity contribution in [3.8, 4) is 0 Å². The van der Waals surface area contributed by atoms with Crippen molar-refractivity contribution in [1.82, 2.24) is 15.0 Å². The maximum absolute atomic E-state index is 12.8. The largest absolute Gasteiger partial charge is 0.313 e. The van der Waals surface area contributed by atoms with E-state index in [4.69, 9.17) is 0 Å². The standard InChI is InChI=1S/C21H22N4O2S/c1-5-18(26)25-17(14-8-11(2)13(4)22-10-14)9-16(24-25)19-12(3)15-6-7-28-21(15)23-20(19)27/h6-8,10,17H,5,9H2,1-4H3,(H,23,27). The summed E-state index contributed by atoms with van der Waals surface area (Å²) in [5.41, 5.74) is 4.94. The Balaban J connectivity index is 1.82. The zero-order valence-electron chi connectivity index (χ0n) is 16.4. The fraction of sp³-hybridized carbons (Fsp3) is 0.333. The van der Waals surface area contributed by atoms with Crippen molar-refractivity contribution in [3.05, 3.63) is 62.0 Å². The highest BCUT2D eigenvalue weighted by molar-refractivity contribution is 7.16. The van der Waals surface area contributed by atoms with E-state index in [2.05, 4.69) is 21.1 Å². The summed E-state index contributed by atoms with van der Waals surface area (Å²) >= 11 is 1.51. The van der Waals surface area contributed by atoms with Crippen molar-refractivity contribution >= 4 is 33.2 Å². The van der Waals surface area contributed by atoms with Crippen LogP contribution in [0.25, 0.3) is 10.2 Å². The smallest absolute Gasteiger partial charge is 0.258 e. The van der Waals surface area contributed by atoms with E-state index in [1.54, 1.807) is 6.20 Å². The Morgan fingerprint density at radius 2 is 2.14 bits per heavy atom. The highest BCUT2D eigenvalue weighted by Crippen LogP contribution is 2.34. The van der Waals surface area contributed by atoms with Gasteiger partial charge in [-0.3, -0.25) is 14.6 Å². The number of H-pyrrole nitrogens is 1. The average molecular weight is 395 g/mol. The summed E-state index contributed by atoms with van der Waals surface area (Å²) in [7, 11) is 0. The van der Waals surface area contributed by atoms with E-state index < -0.39 is 0 Å². The highest BCUT2D eigenvalue weighted by Gasteiger charge is 2.34. The second-order valence-electron chi connectivity index (χ2n) is 7.15. The molecule has 1 amide bonds. The summed E-state index contributed by atoms with van der Waals surface area (Å²) in [6, 6.07) is 3.82. The van der Waals surface area contributed by atoms with Crippen LogP contribution in [-0.4, -0.2) is 26.6 Å². The van der Waals surface area contributed by atoms with Crippen LogP contribution in [0.1, 0.15) is 53.8 Å². The minimum atomic E-state index is -0.244. The van der Waals surface area contributed by atoms with Gasteiger partial charge in [-0.25, -0.2) is 5.01 Å². The normalized spacial score (nSPS) is 16.6. The molecule has 3 aromatic rings. The Kier molecular flexibility index (Phi) is 4.63. The molecule has 144 valence electrons. The molecule has 1 aliphatic heterocycles. The van der Waals surface area contributed by atoms with Crippen molar-refractivity contribution in [3.63, 3.8) is 0 Å². The number of aromatic nitrogens is 2. The van der Waals surface area contributed by atoms with Gasteiger partial charge in [-0.05, 0) is 48.9 Å². The summed E-state index contributed by atoms with van der Waals surface area (Å²) in [6.07, 6.45) is 2.65. The van der Waals surface area contributed by atoms with Crippen molar-refractivity contribution in [2.75, 3.05) is 0 Å². The molecule has 1 unspecified atom stereocenters. The van der Waals surface area contributed by atoms with Gasteiger partial charge in [0.25, 0.3) is 5.56 Å². The lowest BCUT2D eigenvalue weighted by molar-refractivity contribution is -0.132. The molecule has 0 spiro atoms. The number of nitrogens with one attached hydrogen (secondary N) is 1. The molecule has 7 heteroatoms. The Labute approximate surface area is 166 Å². The van der Waals surface area contributed by atoms with Crippen LogP contribution >= 0.6 is 11.3 Å². The number of hydrazone groups is 1. The number of hydrogen-bond acceptors (Lipinski definition) is 5. The molecule has 0 fully saturated rings. The van der Waals surface area contributed by atoms with E-state index in [0.717, 1.165) is 32.6 Å². The number of fused-ring (bicyclic) bond motifs is 1. The monoisotopic (exact) mass is 394 g/mol. The van der Waals surface area contributed by atoms with E-state index in [9.17, 15) is 9.59 Å². The summed E-state index contributed by atoms with van der Waals surface area (Å²) in [6.45, 7) is 7.73. The first kappa shape index (κ1) is 18.6. The quantitative estimate of drug-likeness (QED) is 0.729.